The van der Waals surface area contributed by atoms with Crippen molar-refractivity contribution in [3.8, 4) is 0 Å². The zero-order chi connectivity index (χ0) is 11.7. The van der Waals surface area contributed by atoms with Gasteiger partial charge in [-0.05, 0) is 37.0 Å². The van der Waals surface area contributed by atoms with Crippen LogP contribution in [0.3, 0.4) is 0 Å². The van der Waals surface area contributed by atoms with Crippen LogP contribution in [0.15, 0.2) is 18.2 Å². The highest BCUT2D eigenvalue weighted by atomic mass is 35.5. The second-order valence-corrected chi connectivity index (χ2v) is 4.77. The zero-order valence-electron chi connectivity index (χ0n) is 8.41. The molecule has 1 fully saturated rings. The lowest BCUT2D eigenvalue weighted by Gasteiger charge is -2.16. The fourth-order valence-electron chi connectivity index (χ4n) is 1.59. The SMILES string of the molecule is O=C(O)C(Nc1cc(Cl)ccc1Cl)C1CC1. The molecule has 1 saturated carbocycles. The van der Waals surface area contributed by atoms with E-state index in [0.29, 0.717) is 15.7 Å². The molecule has 1 aromatic carbocycles. The molecule has 0 amide bonds. The topological polar surface area (TPSA) is 49.3 Å². The smallest absolute Gasteiger partial charge is 0.326 e. The molecule has 0 radical (unpaired) electrons. The van der Waals surface area contributed by atoms with Crippen molar-refractivity contribution in [1.82, 2.24) is 0 Å². The Balaban J connectivity index is 2.17. The van der Waals surface area contributed by atoms with Gasteiger partial charge in [-0.15, -0.1) is 0 Å². The van der Waals surface area contributed by atoms with E-state index in [1.54, 1.807) is 18.2 Å². The van der Waals surface area contributed by atoms with Gasteiger partial charge in [-0.2, -0.15) is 0 Å². The van der Waals surface area contributed by atoms with Crippen molar-refractivity contribution >= 4 is 34.9 Å². The number of carbonyl (C=O) groups is 1. The van der Waals surface area contributed by atoms with Gasteiger partial charge in [-0.1, -0.05) is 23.2 Å². The monoisotopic (exact) mass is 259 g/mol. The second-order valence-electron chi connectivity index (χ2n) is 3.92. The molecular formula is C11H11Cl2NO2. The minimum absolute atomic E-state index is 0.201. The summed E-state index contributed by atoms with van der Waals surface area (Å²) in [6, 6.07) is 4.39. The molecule has 0 spiro atoms. The Morgan fingerprint density at radius 3 is 2.69 bits per heavy atom. The van der Waals surface area contributed by atoms with Crippen LogP contribution in [0.1, 0.15) is 12.8 Å². The molecule has 0 aliphatic heterocycles. The van der Waals surface area contributed by atoms with Crippen molar-refractivity contribution in [3.05, 3.63) is 28.2 Å². The van der Waals surface area contributed by atoms with Crippen molar-refractivity contribution in [2.45, 2.75) is 18.9 Å². The maximum absolute atomic E-state index is 11.0. The molecule has 5 heteroatoms. The highest BCUT2D eigenvalue weighted by Crippen LogP contribution is 2.36. The third kappa shape index (κ3) is 2.60. The summed E-state index contributed by atoms with van der Waals surface area (Å²) in [7, 11) is 0. The third-order valence-corrected chi connectivity index (χ3v) is 3.16. The van der Waals surface area contributed by atoms with Crippen molar-refractivity contribution < 1.29 is 9.90 Å². The summed E-state index contributed by atoms with van der Waals surface area (Å²) in [4.78, 5) is 11.0. The Bertz CT molecular complexity index is 418. The standard InChI is InChI=1S/C11H11Cl2NO2/c12-7-3-4-8(13)9(5-7)14-10(11(15)16)6-1-2-6/h3-6,10,14H,1-2H2,(H,15,16). The molecule has 0 saturated heterocycles. The van der Waals surface area contributed by atoms with E-state index in [0.717, 1.165) is 12.8 Å². The highest BCUT2D eigenvalue weighted by molar-refractivity contribution is 6.35. The van der Waals surface area contributed by atoms with Crippen molar-refractivity contribution in [1.29, 1.82) is 0 Å². The van der Waals surface area contributed by atoms with E-state index in [1.807, 2.05) is 0 Å². The number of hydrogen-bond donors (Lipinski definition) is 2. The van der Waals surface area contributed by atoms with E-state index in [1.165, 1.54) is 0 Å². The second kappa shape index (κ2) is 4.52. The molecular weight excluding hydrogens is 249 g/mol. The Labute approximate surface area is 103 Å². The minimum atomic E-state index is -0.849. The molecule has 0 heterocycles. The minimum Gasteiger partial charge on any atom is -0.480 e. The molecule has 2 rings (SSSR count). The largest absolute Gasteiger partial charge is 0.480 e. The van der Waals surface area contributed by atoms with E-state index in [9.17, 15) is 4.79 Å². The van der Waals surface area contributed by atoms with Crippen molar-refractivity contribution in [3.63, 3.8) is 0 Å². The van der Waals surface area contributed by atoms with E-state index in [2.05, 4.69) is 5.32 Å². The lowest BCUT2D eigenvalue weighted by Crippen LogP contribution is -2.31. The summed E-state index contributed by atoms with van der Waals surface area (Å²) >= 11 is 11.8. The Kier molecular flexibility index (Phi) is 3.26. The van der Waals surface area contributed by atoms with Gasteiger partial charge in [-0.25, -0.2) is 4.79 Å². The first-order chi connectivity index (χ1) is 7.58. The summed E-state index contributed by atoms with van der Waals surface area (Å²) in [5.41, 5.74) is 0.577. The van der Waals surface area contributed by atoms with Crippen LogP contribution in [0, 0.1) is 5.92 Å². The summed E-state index contributed by atoms with van der Waals surface area (Å²) in [5, 5.41) is 13.0. The quantitative estimate of drug-likeness (QED) is 0.873. The molecule has 16 heavy (non-hydrogen) atoms. The Hall–Kier alpha value is -0.930. The molecule has 1 atom stereocenters. The van der Waals surface area contributed by atoms with Crippen LogP contribution in [-0.4, -0.2) is 17.1 Å². The highest BCUT2D eigenvalue weighted by Gasteiger charge is 2.36. The van der Waals surface area contributed by atoms with Gasteiger partial charge in [0.25, 0.3) is 0 Å². The normalized spacial score (nSPS) is 16.9. The van der Waals surface area contributed by atoms with E-state index in [4.69, 9.17) is 28.3 Å². The molecule has 0 bridgehead atoms. The number of hydrogen-bond acceptors (Lipinski definition) is 2. The molecule has 1 aliphatic carbocycles. The van der Waals surface area contributed by atoms with Gasteiger partial charge in [0.2, 0.25) is 0 Å². The molecule has 1 unspecified atom stereocenters. The fourth-order valence-corrected chi connectivity index (χ4v) is 1.93. The maximum Gasteiger partial charge on any atom is 0.326 e. The van der Waals surface area contributed by atoms with Crippen LogP contribution >= 0.6 is 23.2 Å². The number of nitrogens with one attached hydrogen (secondary N) is 1. The van der Waals surface area contributed by atoms with E-state index < -0.39 is 12.0 Å². The zero-order valence-corrected chi connectivity index (χ0v) is 9.92. The van der Waals surface area contributed by atoms with Gasteiger partial charge in [0.05, 0.1) is 10.7 Å². The van der Waals surface area contributed by atoms with E-state index in [-0.39, 0.29) is 5.92 Å². The number of aliphatic carboxylic acids is 1. The van der Waals surface area contributed by atoms with Crippen molar-refractivity contribution in [2.24, 2.45) is 5.92 Å². The molecule has 1 aliphatic rings. The van der Waals surface area contributed by atoms with Gasteiger partial charge in [0, 0.05) is 5.02 Å². The van der Waals surface area contributed by atoms with Crippen LogP contribution < -0.4 is 5.32 Å². The number of rotatable bonds is 4. The summed E-state index contributed by atoms with van der Waals surface area (Å²) in [6.45, 7) is 0. The molecule has 3 nitrogen and oxygen atoms in total. The first kappa shape index (κ1) is 11.6. The Morgan fingerprint density at radius 2 is 2.12 bits per heavy atom. The van der Waals surface area contributed by atoms with Crippen LogP contribution in [-0.2, 0) is 4.79 Å². The predicted octanol–water partition coefficient (Wildman–Crippen LogP) is 3.27. The molecule has 1 aromatic rings. The number of carboxylic acid groups (broad SMARTS) is 1. The maximum atomic E-state index is 11.0. The first-order valence-corrected chi connectivity index (χ1v) is 5.78. The predicted molar refractivity (Wildman–Crippen MR) is 64.2 cm³/mol. The Morgan fingerprint density at radius 1 is 1.44 bits per heavy atom. The van der Waals surface area contributed by atoms with Gasteiger partial charge in [0.15, 0.2) is 0 Å². The summed E-state index contributed by atoms with van der Waals surface area (Å²) in [5.74, 6) is -0.647. The number of carboxylic acids is 1. The van der Waals surface area contributed by atoms with Gasteiger partial charge in [-0.3, -0.25) is 0 Å². The average molecular weight is 260 g/mol. The summed E-state index contributed by atoms with van der Waals surface area (Å²) < 4.78 is 0. The van der Waals surface area contributed by atoms with Crippen LogP contribution in [0.25, 0.3) is 0 Å². The van der Waals surface area contributed by atoms with Gasteiger partial charge in [0.1, 0.15) is 6.04 Å². The number of halogens is 2. The number of benzene rings is 1. The average Bonchev–Trinajstić information content (AvgIpc) is 3.02. The van der Waals surface area contributed by atoms with E-state index >= 15 is 0 Å². The number of anilines is 1. The first-order valence-electron chi connectivity index (χ1n) is 5.02. The van der Waals surface area contributed by atoms with Crippen LogP contribution in [0.2, 0.25) is 10.0 Å². The lowest BCUT2D eigenvalue weighted by molar-refractivity contribution is -0.138. The molecule has 86 valence electrons. The fraction of sp³-hybridized carbons (Fsp3) is 0.364. The molecule has 2 N–H and O–H groups in total. The lowest BCUT2D eigenvalue weighted by atomic mass is 10.1. The summed E-state index contributed by atoms with van der Waals surface area (Å²) in [6.07, 6.45) is 1.89. The van der Waals surface area contributed by atoms with Crippen molar-refractivity contribution in [2.75, 3.05) is 5.32 Å². The van der Waals surface area contributed by atoms with Gasteiger partial charge >= 0.3 is 5.97 Å². The van der Waals surface area contributed by atoms with Crippen LogP contribution in [0.4, 0.5) is 5.69 Å². The van der Waals surface area contributed by atoms with Gasteiger partial charge < -0.3 is 10.4 Å². The molecule has 0 aromatic heterocycles. The third-order valence-electron chi connectivity index (χ3n) is 2.60. The van der Waals surface area contributed by atoms with Crippen LogP contribution in [0.5, 0.6) is 0 Å².